The zero-order valence-corrected chi connectivity index (χ0v) is 15.7. The third-order valence-corrected chi connectivity index (χ3v) is 5.39. The van der Waals surface area contributed by atoms with Crippen LogP contribution >= 0.6 is 11.3 Å². The molecule has 0 unspecified atom stereocenters. The predicted octanol–water partition coefficient (Wildman–Crippen LogP) is 1.91. The van der Waals surface area contributed by atoms with Gasteiger partial charge in [0.1, 0.15) is 16.5 Å². The van der Waals surface area contributed by atoms with Gasteiger partial charge in [-0.3, -0.25) is 4.79 Å². The van der Waals surface area contributed by atoms with Crippen LogP contribution in [-0.2, 0) is 9.47 Å². The summed E-state index contributed by atoms with van der Waals surface area (Å²) in [6.07, 6.45) is 0.796. The number of fused-ring (bicyclic) bond motifs is 1. The number of hydrogen-bond donors (Lipinski definition) is 1. The van der Waals surface area contributed by atoms with Gasteiger partial charge in [0.25, 0.3) is 5.91 Å². The molecule has 0 aromatic carbocycles. The van der Waals surface area contributed by atoms with E-state index in [0.717, 1.165) is 46.9 Å². The summed E-state index contributed by atoms with van der Waals surface area (Å²) in [4.78, 5) is 25.6. The highest BCUT2D eigenvalue weighted by Gasteiger charge is 2.23. The van der Waals surface area contributed by atoms with E-state index in [1.54, 1.807) is 7.11 Å². The van der Waals surface area contributed by atoms with Crippen LogP contribution in [0.25, 0.3) is 10.2 Å². The molecule has 3 heterocycles. The van der Waals surface area contributed by atoms with Crippen LogP contribution in [0.15, 0.2) is 0 Å². The summed E-state index contributed by atoms with van der Waals surface area (Å²) in [6.45, 7) is 8.10. The second kappa shape index (κ2) is 8.07. The fourth-order valence-electron chi connectivity index (χ4n) is 2.94. The number of aryl methyl sites for hydroxylation is 2. The Bertz CT molecular complexity index is 756. The number of carbonyl (C=O) groups excluding carboxylic acids is 1. The van der Waals surface area contributed by atoms with E-state index >= 15 is 0 Å². The molecule has 3 rings (SSSR count). The van der Waals surface area contributed by atoms with Gasteiger partial charge in [0, 0.05) is 33.4 Å². The molecular weight excluding hydrogens is 340 g/mol. The van der Waals surface area contributed by atoms with Gasteiger partial charge in [-0.1, -0.05) is 0 Å². The highest BCUT2D eigenvalue weighted by atomic mass is 32.1. The van der Waals surface area contributed by atoms with E-state index in [4.69, 9.17) is 9.47 Å². The molecule has 0 spiro atoms. The molecule has 2 aromatic heterocycles. The van der Waals surface area contributed by atoms with Gasteiger partial charge in [-0.25, -0.2) is 9.97 Å². The zero-order valence-electron chi connectivity index (χ0n) is 14.9. The first-order valence-electron chi connectivity index (χ1n) is 8.49. The molecule has 1 aliphatic rings. The summed E-state index contributed by atoms with van der Waals surface area (Å²) in [5, 5.41) is 3.94. The maximum Gasteiger partial charge on any atom is 0.261 e. The fraction of sp³-hybridized carbons (Fsp3) is 0.588. The second-order valence-corrected chi connectivity index (χ2v) is 7.03. The van der Waals surface area contributed by atoms with Crippen molar-refractivity contribution in [3.8, 4) is 0 Å². The summed E-state index contributed by atoms with van der Waals surface area (Å²) >= 11 is 1.44. The Kier molecular flexibility index (Phi) is 5.82. The number of methoxy groups -OCH3 is 1. The van der Waals surface area contributed by atoms with Crippen LogP contribution in [0.4, 0.5) is 5.82 Å². The lowest BCUT2D eigenvalue weighted by Gasteiger charge is -2.28. The van der Waals surface area contributed by atoms with Crippen molar-refractivity contribution in [1.29, 1.82) is 0 Å². The SMILES string of the molecule is COCCCNC(=O)c1sc2nc(C)nc(N3CCOCC3)c2c1C. The van der Waals surface area contributed by atoms with Crippen LogP contribution in [0.1, 0.15) is 27.5 Å². The van der Waals surface area contributed by atoms with Crippen LogP contribution in [0.2, 0.25) is 0 Å². The quantitative estimate of drug-likeness (QED) is 0.789. The number of hydrogen-bond acceptors (Lipinski definition) is 7. The molecule has 1 saturated heterocycles. The van der Waals surface area contributed by atoms with Gasteiger partial charge in [-0.15, -0.1) is 11.3 Å². The van der Waals surface area contributed by atoms with Gasteiger partial charge in [-0.2, -0.15) is 0 Å². The molecule has 1 fully saturated rings. The van der Waals surface area contributed by atoms with Crippen molar-refractivity contribution in [3.05, 3.63) is 16.3 Å². The highest BCUT2D eigenvalue weighted by Crippen LogP contribution is 2.35. The van der Waals surface area contributed by atoms with Crippen molar-refractivity contribution in [1.82, 2.24) is 15.3 Å². The van der Waals surface area contributed by atoms with Crippen molar-refractivity contribution < 1.29 is 14.3 Å². The Morgan fingerprint density at radius 2 is 2.08 bits per heavy atom. The molecule has 0 saturated carbocycles. The van der Waals surface area contributed by atoms with Gasteiger partial charge >= 0.3 is 0 Å². The molecule has 1 amide bonds. The lowest BCUT2D eigenvalue weighted by molar-refractivity contribution is 0.0952. The Balaban J connectivity index is 1.91. The number of rotatable bonds is 6. The standard InChI is InChI=1S/C17H24N4O3S/c1-11-13-15(21-6-9-24-10-7-21)19-12(2)20-17(13)25-14(11)16(22)18-5-4-8-23-3/h4-10H2,1-3H3,(H,18,22). The number of amides is 1. The average Bonchev–Trinajstić information content (AvgIpc) is 2.95. The number of nitrogens with zero attached hydrogens (tertiary/aromatic N) is 3. The van der Waals surface area contributed by atoms with Gasteiger partial charge in [0.2, 0.25) is 0 Å². The Hall–Kier alpha value is -1.77. The molecule has 136 valence electrons. The molecule has 8 heteroatoms. The van der Waals surface area contributed by atoms with Gasteiger partial charge in [0.05, 0.1) is 23.5 Å². The minimum Gasteiger partial charge on any atom is -0.385 e. The molecule has 2 aromatic rings. The van der Waals surface area contributed by atoms with E-state index < -0.39 is 0 Å². The number of ether oxygens (including phenoxy) is 2. The highest BCUT2D eigenvalue weighted by molar-refractivity contribution is 7.20. The van der Waals surface area contributed by atoms with Crippen LogP contribution < -0.4 is 10.2 Å². The first-order chi connectivity index (χ1) is 12.1. The number of thiophene rings is 1. The summed E-state index contributed by atoms with van der Waals surface area (Å²) in [7, 11) is 1.66. The lowest BCUT2D eigenvalue weighted by Crippen LogP contribution is -2.37. The van der Waals surface area contributed by atoms with Crippen LogP contribution in [0, 0.1) is 13.8 Å². The van der Waals surface area contributed by atoms with E-state index in [2.05, 4.69) is 20.2 Å². The van der Waals surface area contributed by atoms with Gasteiger partial charge in [-0.05, 0) is 25.8 Å². The van der Waals surface area contributed by atoms with E-state index in [1.165, 1.54) is 11.3 Å². The van der Waals surface area contributed by atoms with Gasteiger partial charge < -0.3 is 19.7 Å². The number of anilines is 1. The van der Waals surface area contributed by atoms with E-state index in [9.17, 15) is 4.79 Å². The van der Waals surface area contributed by atoms with Crippen LogP contribution in [-0.4, -0.2) is 62.4 Å². The normalized spacial score (nSPS) is 14.9. The van der Waals surface area contributed by atoms with Crippen molar-refractivity contribution in [3.63, 3.8) is 0 Å². The molecule has 0 aliphatic carbocycles. The third-order valence-electron chi connectivity index (χ3n) is 4.21. The number of morpholine rings is 1. The van der Waals surface area contributed by atoms with E-state index in [0.29, 0.717) is 31.2 Å². The molecule has 0 bridgehead atoms. The summed E-state index contributed by atoms with van der Waals surface area (Å²) in [5.41, 5.74) is 0.950. The van der Waals surface area contributed by atoms with Gasteiger partial charge in [0.15, 0.2) is 0 Å². The molecule has 0 atom stereocenters. The summed E-state index contributed by atoms with van der Waals surface area (Å²) < 4.78 is 10.5. The number of aromatic nitrogens is 2. The second-order valence-electron chi connectivity index (χ2n) is 6.03. The predicted molar refractivity (Wildman–Crippen MR) is 98.7 cm³/mol. The van der Waals surface area contributed by atoms with Crippen molar-refractivity contribution in [2.75, 3.05) is 51.5 Å². The lowest BCUT2D eigenvalue weighted by atomic mass is 10.1. The van der Waals surface area contributed by atoms with Crippen molar-refractivity contribution >= 4 is 33.3 Å². The molecule has 1 aliphatic heterocycles. The minimum absolute atomic E-state index is 0.0535. The minimum atomic E-state index is -0.0535. The van der Waals surface area contributed by atoms with Crippen LogP contribution in [0.5, 0.6) is 0 Å². The third kappa shape index (κ3) is 3.91. The average molecular weight is 364 g/mol. The van der Waals surface area contributed by atoms with Crippen molar-refractivity contribution in [2.24, 2.45) is 0 Å². The Morgan fingerprint density at radius 3 is 2.80 bits per heavy atom. The monoisotopic (exact) mass is 364 g/mol. The largest absolute Gasteiger partial charge is 0.385 e. The Labute approximate surface area is 151 Å². The number of nitrogens with one attached hydrogen (secondary N) is 1. The molecular formula is C17H24N4O3S. The molecule has 1 N–H and O–H groups in total. The maximum absolute atomic E-state index is 12.5. The molecule has 25 heavy (non-hydrogen) atoms. The topological polar surface area (TPSA) is 76.6 Å². The first-order valence-corrected chi connectivity index (χ1v) is 9.31. The van der Waals surface area contributed by atoms with Crippen LogP contribution in [0.3, 0.4) is 0 Å². The Morgan fingerprint density at radius 1 is 1.32 bits per heavy atom. The summed E-state index contributed by atoms with van der Waals surface area (Å²) in [6, 6.07) is 0. The maximum atomic E-state index is 12.5. The molecule has 0 radical (unpaired) electrons. The number of carbonyl (C=O) groups is 1. The molecule has 7 nitrogen and oxygen atoms in total. The zero-order chi connectivity index (χ0) is 17.8. The van der Waals surface area contributed by atoms with E-state index in [-0.39, 0.29) is 5.91 Å². The van der Waals surface area contributed by atoms with Crippen molar-refractivity contribution in [2.45, 2.75) is 20.3 Å². The summed E-state index contributed by atoms with van der Waals surface area (Å²) in [5.74, 6) is 1.59. The fourth-order valence-corrected chi connectivity index (χ4v) is 4.08. The first kappa shape index (κ1) is 18.0. The van der Waals surface area contributed by atoms with E-state index in [1.807, 2.05) is 13.8 Å². The smallest absolute Gasteiger partial charge is 0.261 e.